The monoisotopic (exact) mass is 247 g/mol. The lowest BCUT2D eigenvalue weighted by atomic mass is 9.93. The predicted molar refractivity (Wildman–Crippen MR) is 73.7 cm³/mol. The molecule has 0 spiro atoms. The van der Waals surface area contributed by atoms with Gasteiger partial charge in [-0.1, -0.05) is 13.0 Å². The Kier molecular flexibility index (Phi) is 3.57. The van der Waals surface area contributed by atoms with Crippen molar-refractivity contribution in [1.29, 1.82) is 0 Å². The van der Waals surface area contributed by atoms with Gasteiger partial charge in [0.2, 0.25) is 0 Å². The van der Waals surface area contributed by atoms with Crippen molar-refractivity contribution in [3.05, 3.63) is 29.3 Å². The zero-order chi connectivity index (χ0) is 13.3. The number of hydrogen-bond acceptors (Lipinski definition) is 3. The average Bonchev–Trinajstić information content (AvgIpc) is 2.32. The summed E-state index contributed by atoms with van der Waals surface area (Å²) in [5.74, 6) is 0.0625. The van der Waals surface area contributed by atoms with Crippen molar-refractivity contribution in [2.75, 3.05) is 18.0 Å². The lowest BCUT2D eigenvalue weighted by Gasteiger charge is -2.37. The number of rotatable bonds is 2. The van der Waals surface area contributed by atoms with Gasteiger partial charge < -0.3 is 16.4 Å². The number of nitrogens with two attached hydrogens (primary N) is 2. The van der Waals surface area contributed by atoms with E-state index in [0.29, 0.717) is 11.5 Å². The molecular weight excluding hydrogens is 226 g/mol. The molecule has 2 rings (SSSR count). The molecule has 0 saturated carbocycles. The van der Waals surface area contributed by atoms with E-state index in [9.17, 15) is 4.79 Å². The van der Waals surface area contributed by atoms with Gasteiger partial charge in [0.25, 0.3) is 5.91 Å². The van der Waals surface area contributed by atoms with Crippen LogP contribution in [0.3, 0.4) is 0 Å². The highest BCUT2D eigenvalue weighted by Gasteiger charge is 2.25. The van der Waals surface area contributed by atoms with Gasteiger partial charge in [-0.25, -0.2) is 0 Å². The second-order valence-corrected chi connectivity index (χ2v) is 5.26. The fourth-order valence-corrected chi connectivity index (χ4v) is 2.49. The van der Waals surface area contributed by atoms with Gasteiger partial charge >= 0.3 is 0 Å². The highest BCUT2D eigenvalue weighted by molar-refractivity contribution is 5.98. The van der Waals surface area contributed by atoms with Crippen molar-refractivity contribution < 1.29 is 4.79 Å². The minimum absolute atomic E-state index is 0.253. The Morgan fingerprint density at radius 3 is 2.78 bits per heavy atom. The molecule has 4 N–H and O–H groups in total. The fraction of sp³-hybridized carbons (Fsp3) is 0.500. The van der Waals surface area contributed by atoms with Crippen molar-refractivity contribution in [3.63, 3.8) is 0 Å². The molecule has 0 radical (unpaired) electrons. The Morgan fingerprint density at radius 1 is 1.44 bits per heavy atom. The minimum atomic E-state index is -0.368. The van der Waals surface area contributed by atoms with Crippen LogP contribution in [0.4, 0.5) is 5.69 Å². The zero-order valence-corrected chi connectivity index (χ0v) is 11.0. The normalized spacial score (nSPS) is 24.1. The minimum Gasteiger partial charge on any atom is -0.370 e. The third-order valence-electron chi connectivity index (χ3n) is 3.73. The number of piperidine rings is 1. The molecule has 1 saturated heterocycles. The Bertz CT molecular complexity index is 458. The summed E-state index contributed by atoms with van der Waals surface area (Å²) in [7, 11) is 0. The van der Waals surface area contributed by atoms with Crippen LogP contribution in [0.25, 0.3) is 0 Å². The summed E-state index contributed by atoms with van der Waals surface area (Å²) in [5.41, 5.74) is 14.2. The van der Waals surface area contributed by atoms with Gasteiger partial charge in [0.05, 0.1) is 5.56 Å². The SMILES string of the molecule is Cc1ccc(C(N)=O)c(N2CCC(N)C(C)C2)c1. The van der Waals surface area contributed by atoms with Crippen LogP contribution in [-0.2, 0) is 0 Å². The first-order chi connectivity index (χ1) is 8.49. The van der Waals surface area contributed by atoms with Crippen molar-refractivity contribution >= 4 is 11.6 Å². The van der Waals surface area contributed by atoms with E-state index in [1.165, 1.54) is 0 Å². The highest BCUT2D eigenvalue weighted by atomic mass is 16.1. The summed E-state index contributed by atoms with van der Waals surface area (Å²) in [6.45, 7) is 5.93. The topological polar surface area (TPSA) is 72.4 Å². The van der Waals surface area contributed by atoms with Crippen molar-refractivity contribution in [3.8, 4) is 0 Å². The van der Waals surface area contributed by atoms with Crippen LogP contribution >= 0.6 is 0 Å². The lowest BCUT2D eigenvalue weighted by Crippen LogP contribution is -2.46. The molecule has 1 aliphatic rings. The van der Waals surface area contributed by atoms with Crippen LogP contribution < -0.4 is 16.4 Å². The van der Waals surface area contributed by atoms with Crippen LogP contribution in [0, 0.1) is 12.8 Å². The van der Waals surface area contributed by atoms with Gasteiger partial charge in [0.1, 0.15) is 0 Å². The van der Waals surface area contributed by atoms with E-state index >= 15 is 0 Å². The van der Waals surface area contributed by atoms with E-state index < -0.39 is 0 Å². The largest absolute Gasteiger partial charge is 0.370 e. The number of primary amides is 1. The number of aryl methyl sites for hydroxylation is 1. The molecule has 18 heavy (non-hydrogen) atoms. The quantitative estimate of drug-likeness (QED) is 0.826. The first kappa shape index (κ1) is 12.9. The van der Waals surface area contributed by atoms with Crippen molar-refractivity contribution in [2.45, 2.75) is 26.3 Å². The average molecular weight is 247 g/mol. The molecule has 1 aromatic rings. The molecule has 4 nitrogen and oxygen atoms in total. The molecule has 4 heteroatoms. The van der Waals surface area contributed by atoms with Crippen molar-refractivity contribution in [2.24, 2.45) is 17.4 Å². The fourth-order valence-electron chi connectivity index (χ4n) is 2.49. The standard InChI is InChI=1S/C14H21N3O/c1-9-3-4-11(14(16)18)13(7-9)17-6-5-12(15)10(2)8-17/h3-4,7,10,12H,5-6,8,15H2,1-2H3,(H2,16,18). The number of anilines is 1. The number of carbonyl (C=O) groups is 1. The van der Waals surface area contributed by atoms with E-state index in [4.69, 9.17) is 11.5 Å². The highest BCUT2D eigenvalue weighted by Crippen LogP contribution is 2.26. The van der Waals surface area contributed by atoms with Gasteiger partial charge in [-0.2, -0.15) is 0 Å². The van der Waals surface area contributed by atoms with Gasteiger partial charge in [0, 0.05) is 24.8 Å². The van der Waals surface area contributed by atoms with E-state index in [1.807, 2.05) is 25.1 Å². The van der Waals surface area contributed by atoms with Crippen LogP contribution in [0.2, 0.25) is 0 Å². The molecule has 1 aliphatic heterocycles. The lowest BCUT2D eigenvalue weighted by molar-refractivity contribution is 0.100. The number of amides is 1. The number of carbonyl (C=O) groups excluding carboxylic acids is 1. The Labute approximate surface area is 108 Å². The second-order valence-electron chi connectivity index (χ2n) is 5.26. The van der Waals surface area contributed by atoms with Gasteiger partial charge in [-0.15, -0.1) is 0 Å². The smallest absolute Gasteiger partial charge is 0.250 e. The molecule has 0 aromatic heterocycles. The first-order valence-corrected chi connectivity index (χ1v) is 6.40. The van der Waals surface area contributed by atoms with Gasteiger partial charge in [0.15, 0.2) is 0 Å². The Morgan fingerprint density at radius 2 is 2.17 bits per heavy atom. The summed E-state index contributed by atoms with van der Waals surface area (Å²) >= 11 is 0. The van der Waals surface area contributed by atoms with E-state index in [0.717, 1.165) is 30.8 Å². The molecule has 1 heterocycles. The van der Waals surface area contributed by atoms with E-state index in [2.05, 4.69) is 11.8 Å². The summed E-state index contributed by atoms with van der Waals surface area (Å²) in [6, 6.07) is 6.02. The molecule has 2 atom stereocenters. The molecular formula is C14H21N3O. The molecule has 1 aromatic carbocycles. The van der Waals surface area contributed by atoms with Gasteiger partial charge in [-0.05, 0) is 37.0 Å². The second kappa shape index (κ2) is 4.98. The summed E-state index contributed by atoms with van der Waals surface area (Å²) in [6.07, 6.45) is 0.952. The molecule has 98 valence electrons. The first-order valence-electron chi connectivity index (χ1n) is 6.40. The zero-order valence-electron chi connectivity index (χ0n) is 11.0. The Balaban J connectivity index is 2.32. The third kappa shape index (κ3) is 2.48. The van der Waals surface area contributed by atoms with Crippen LogP contribution in [0.1, 0.15) is 29.3 Å². The summed E-state index contributed by atoms with van der Waals surface area (Å²) in [4.78, 5) is 13.7. The van der Waals surface area contributed by atoms with Crippen molar-refractivity contribution in [1.82, 2.24) is 0 Å². The number of hydrogen-bond donors (Lipinski definition) is 2. The maximum absolute atomic E-state index is 11.5. The number of benzene rings is 1. The molecule has 2 unspecified atom stereocenters. The molecule has 0 aliphatic carbocycles. The van der Waals surface area contributed by atoms with Crippen LogP contribution in [0.15, 0.2) is 18.2 Å². The summed E-state index contributed by atoms with van der Waals surface area (Å²) < 4.78 is 0. The molecule has 0 bridgehead atoms. The molecule has 1 fully saturated rings. The van der Waals surface area contributed by atoms with Gasteiger partial charge in [-0.3, -0.25) is 4.79 Å². The Hall–Kier alpha value is -1.55. The predicted octanol–water partition coefficient (Wildman–Crippen LogP) is 1.27. The molecule has 1 amide bonds. The van der Waals surface area contributed by atoms with Crippen LogP contribution in [-0.4, -0.2) is 25.0 Å². The van der Waals surface area contributed by atoms with Crippen LogP contribution in [0.5, 0.6) is 0 Å². The van der Waals surface area contributed by atoms with E-state index in [1.54, 1.807) is 0 Å². The van der Waals surface area contributed by atoms with E-state index in [-0.39, 0.29) is 11.9 Å². The number of nitrogens with zero attached hydrogens (tertiary/aromatic N) is 1. The maximum Gasteiger partial charge on any atom is 0.250 e. The third-order valence-corrected chi connectivity index (χ3v) is 3.73. The summed E-state index contributed by atoms with van der Waals surface area (Å²) in [5, 5.41) is 0. The maximum atomic E-state index is 11.5.